The number of allylic oxidation sites excluding steroid dienone is 17. The van der Waals surface area contributed by atoms with Crippen molar-refractivity contribution in [2.45, 2.75) is 307 Å². The SMILES string of the molecule is CC/C=C\C/C=C\C/C=C\C/C=C\C/C=C\C/C=C\C/C=C\C/C=C\CCCCCCCCCCC(=O)NC(COC1OC(CO)C(O)C(O)C1O)C(O)/C=C/CCCCCCCCCCCCCCCCCCCCCC. The second-order valence-corrected chi connectivity index (χ2v) is 21.8. The highest BCUT2D eigenvalue weighted by atomic mass is 16.7. The topological polar surface area (TPSA) is 149 Å². The third-order valence-electron chi connectivity index (χ3n) is 14.6. The molecule has 7 atom stereocenters. The lowest BCUT2D eigenvalue weighted by atomic mass is 9.99. The molecule has 0 aliphatic carbocycles. The van der Waals surface area contributed by atoms with Crippen molar-refractivity contribution in [3.05, 3.63) is 109 Å². The van der Waals surface area contributed by atoms with Crippen LogP contribution in [0.4, 0.5) is 0 Å². The summed E-state index contributed by atoms with van der Waals surface area (Å²) < 4.78 is 11.3. The predicted octanol–water partition coefficient (Wildman–Crippen LogP) is 16.9. The van der Waals surface area contributed by atoms with Crippen LogP contribution in [0.3, 0.4) is 0 Å². The van der Waals surface area contributed by atoms with Gasteiger partial charge in [0.15, 0.2) is 6.29 Å². The van der Waals surface area contributed by atoms with Gasteiger partial charge in [0.05, 0.1) is 25.4 Å². The molecule has 9 heteroatoms. The Kier molecular flexibility index (Phi) is 53.3. The second kappa shape index (κ2) is 57.1. The Labute approximate surface area is 478 Å². The van der Waals surface area contributed by atoms with Gasteiger partial charge in [0, 0.05) is 6.42 Å². The third-order valence-corrected chi connectivity index (χ3v) is 14.6. The summed E-state index contributed by atoms with van der Waals surface area (Å²) in [6.07, 6.45) is 77.3. The monoisotopic (exact) mass is 1090 g/mol. The van der Waals surface area contributed by atoms with E-state index in [1.807, 2.05) is 6.08 Å². The molecular weight excluding hydrogens is 971 g/mol. The van der Waals surface area contributed by atoms with E-state index in [1.54, 1.807) is 6.08 Å². The quantitative estimate of drug-likeness (QED) is 0.0261. The summed E-state index contributed by atoms with van der Waals surface area (Å²) >= 11 is 0. The minimum absolute atomic E-state index is 0.188. The summed E-state index contributed by atoms with van der Waals surface area (Å²) in [5.41, 5.74) is 0. The van der Waals surface area contributed by atoms with Gasteiger partial charge < -0.3 is 40.3 Å². The Morgan fingerprint density at radius 3 is 1.18 bits per heavy atom. The van der Waals surface area contributed by atoms with Crippen molar-refractivity contribution in [2.75, 3.05) is 13.2 Å². The van der Waals surface area contributed by atoms with Gasteiger partial charge in [0.1, 0.15) is 24.4 Å². The van der Waals surface area contributed by atoms with Gasteiger partial charge in [-0.25, -0.2) is 0 Å². The first-order chi connectivity index (χ1) is 38.3. The number of unbranched alkanes of at least 4 members (excludes halogenated alkanes) is 28. The van der Waals surface area contributed by atoms with Gasteiger partial charge in [-0.1, -0.05) is 284 Å². The first kappa shape index (κ1) is 72.9. The summed E-state index contributed by atoms with van der Waals surface area (Å²) in [4.78, 5) is 13.1. The van der Waals surface area contributed by atoms with Crippen LogP contribution in [-0.4, -0.2) is 87.5 Å². The van der Waals surface area contributed by atoms with E-state index in [-0.39, 0.29) is 12.5 Å². The number of carbonyl (C=O) groups excluding carboxylic acids is 1. The standard InChI is InChI=1S/C69H119NO8/c1-3-5-7-9-11-13-15-17-19-21-23-25-27-28-29-30-31-32-33-34-35-36-37-39-41-43-45-47-49-51-53-55-57-59-65(73)70-62(61-77-69-68(76)67(75)66(74)64(60-71)78-69)63(72)58-56-54-52-50-48-46-44-42-40-38-26-24-22-20-18-16-14-12-10-8-6-4-2/h5,7,11,13,17,19,23,25,28-29,31-32,34-35,37,39,56,58,62-64,66-69,71-72,74-76H,3-4,6,8-10,12,14-16,18,20-22,24,26-27,30,33,36,38,40-55,57,59-61H2,1-2H3,(H,70,73)/b7-5-,13-11-,19-17-,25-23-,29-28-,32-31-,35-34-,39-37-,58-56+. The van der Waals surface area contributed by atoms with E-state index in [1.165, 1.54) is 141 Å². The first-order valence-electron chi connectivity index (χ1n) is 32.1. The lowest BCUT2D eigenvalue weighted by Crippen LogP contribution is -2.60. The van der Waals surface area contributed by atoms with Gasteiger partial charge in [-0.2, -0.15) is 0 Å². The first-order valence-corrected chi connectivity index (χ1v) is 32.1. The zero-order valence-electron chi connectivity index (χ0n) is 49.9. The minimum Gasteiger partial charge on any atom is -0.394 e. The van der Waals surface area contributed by atoms with Crippen molar-refractivity contribution >= 4 is 5.91 Å². The van der Waals surface area contributed by atoms with Gasteiger partial charge >= 0.3 is 0 Å². The van der Waals surface area contributed by atoms with Gasteiger partial charge in [-0.15, -0.1) is 0 Å². The minimum atomic E-state index is -1.57. The molecule has 0 aromatic rings. The smallest absolute Gasteiger partial charge is 0.220 e. The Hall–Kier alpha value is -3.15. The van der Waals surface area contributed by atoms with Crippen LogP contribution in [0.2, 0.25) is 0 Å². The fourth-order valence-electron chi connectivity index (χ4n) is 9.59. The Balaban J connectivity index is 2.21. The van der Waals surface area contributed by atoms with Gasteiger partial charge in [0.2, 0.25) is 5.91 Å². The van der Waals surface area contributed by atoms with Crippen molar-refractivity contribution in [3.8, 4) is 0 Å². The molecular formula is C69H119NO8. The van der Waals surface area contributed by atoms with E-state index < -0.39 is 49.5 Å². The fourth-order valence-corrected chi connectivity index (χ4v) is 9.59. The summed E-state index contributed by atoms with van der Waals surface area (Å²) in [5, 5.41) is 54.7. The van der Waals surface area contributed by atoms with Crippen molar-refractivity contribution in [2.24, 2.45) is 0 Å². The van der Waals surface area contributed by atoms with Gasteiger partial charge in [-0.05, 0) is 83.5 Å². The van der Waals surface area contributed by atoms with Crippen LogP contribution in [0.15, 0.2) is 109 Å². The molecule has 0 saturated carbocycles. The maximum Gasteiger partial charge on any atom is 0.220 e. The number of amides is 1. The van der Waals surface area contributed by atoms with Crippen LogP contribution in [0.25, 0.3) is 0 Å². The lowest BCUT2D eigenvalue weighted by molar-refractivity contribution is -0.302. The molecule has 0 bridgehead atoms. The maximum atomic E-state index is 13.1. The second-order valence-electron chi connectivity index (χ2n) is 21.8. The molecule has 1 aliphatic heterocycles. The molecule has 0 aromatic carbocycles. The molecule has 1 saturated heterocycles. The van der Waals surface area contributed by atoms with Crippen molar-refractivity contribution < 1.29 is 39.8 Å². The number of rotatable bonds is 54. The molecule has 1 aliphatic rings. The van der Waals surface area contributed by atoms with Crippen LogP contribution in [-0.2, 0) is 14.3 Å². The molecule has 1 heterocycles. The van der Waals surface area contributed by atoms with Crippen molar-refractivity contribution in [3.63, 3.8) is 0 Å². The van der Waals surface area contributed by atoms with E-state index in [0.717, 1.165) is 103 Å². The zero-order chi connectivity index (χ0) is 56.5. The fraction of sp³-hybridized carbons (Fsp3) is 0.725. The Bertz CT molecular complexity index is 1590. The van der Waals surface area contributed by atoms with Gasteiger partial charge in [0.25, 0.3) is 0 Å². The molecule has 1 rings (SSSR count). The maximum absolute atomic E-state index is 13.1. The Morgan fingerprint density at radius 2 is 0.795 bits per heavy atom. The molecule has 7 unspecified atom stereocenters. The molecule has 0 aromatic heterocycles. The molecule has 0 radical (unpaired) electrons. The van der Waals surface area contributed by atoms with Crippen LogP contribution >= 0.6 is 0 Å². The number of ether oxygens (including phenoxy) is 2. The number of carbonyl (C=O) groups is 1. The number of nitrogens with one attached hydrogen (secondary N) is 1. The van der Waals surface area contributed by atoms with E-state index >= 15 is 0 Å². The van der Waals surface area contributed by atoms with Gasteiger partial charge in [-0.3, -0.25) is 4.79 Å². The van der Waals surface area contributed by atoms with E-state index in [0.29, 0.717) is 6.42 Å². The number of hydrogen-bond donors (Lipinski definition) is 6. The molecule has 6 N–H and O–H groups in total. The predicted molar refractivity (Wildman–Crippen MR) is 331 cm³/mol. The van der Waals surface area contributed by atoms with Crippen LogP contribution in [0.1, 0.15) is 264 Å². The van der Waals surface area contributed by atoms with Crippen molar-refractivity contribution in [1.29, 1.82) is 0 Å². The highest BCUT2D eigenvalue weighted by molar-refractivity contribution is 5.76. The average Bonchev–Trinajstić information content (AvgIpc) is 3.45. The van der Waals surface area contributed by atoms with Crippen LogP contribution < -0.4 is 5.32 Å². The average molecular weight is 1090 g/mol. The number of aliphatic hydroxyl groups is 5. The van der Waals surface area contributed by atoms with Crippen LogP contribution in [0, 0.1) is 0 Å². The highest BCUT2D eigenvalue weighted by Crippen LogP contribution is 2.23. The summed E-state index contributed by atoms with van der Waals surface area (Å²) in [6, 6.07) is -0.818. The summed E-state index contributed by atoms with van der Waals surface area (Å²) in [7, 11) is 0. The van der Waals surface area contributed by atoms with Crippen molar-refractivity contribution in [1.82, 2.24) is 5.32 Å². The van der Waals surface area contributed by atoms with E-state index in [2.05, 4.69) is 116 Å². The summed E-state index contributed by atoms with van der Waals surface area (Å²) in [5.74, 6) is -0.188. The Morgan fingerprint density at radius 1 is 0.449 bits per heavy atom. The molecule has 0 spiro atoms. The third kappa shape index (κ3) is 45.6. The van der Waals surface area contributed by atoms with E-state index in [9.17, 15) is 30.3 Å². The number of hydrogen-bond acceptors (Lipinski definition) is 8. The molecule has 448 valence electrons. The molecule has 78 heavy (non-hydrogen) atoms. The largest absolute Gasteiger partial charge is 0.394 e. The number of aliphatic hydroxyl groups excluding tert-OH is 5. The molecule has 1 amide bonds. The summed E-state index contributed by atoms with van der Waals surface area (Å²) in [6.45, 7) is 3.68. The zero-order valence-corrected chi connectivity index (χ0v) is 49.9. The molecule has 9 nitrogen and oxygen atoms in total. The van der Waals surface area contributed by atoms with Crippen LogP contribution in [0.5, 0.6) is 0 Å². The lowest BCUT2D eigenvalue weighted by Gasteiger charge is -2.40. The normalized spacial score (nSPS) is 19.4. The molecule has 1 fully saturated rings. The van der Waals surface area contributed by atoms with E-state index in [4.69, 9.17) is 9.47 Å². The highest BCUT2D eigenvalue weighted by Gasteiger charge is 2.44.